The average molecular weight is 415 g/mol. The molecule has 1 aromatic carbocycles. The van der Waals surface area contributed by atoms with Crippen molar-refractivity contribution in [2.24, 2.45) is 5.92 Å². The third kappa shape index (κ3) is 4.07. The number of rotatable bonds is 5. The molecule has 10 nitrogen and oxygen atoms in total. The molecule has 2 aliphatic heterocycles. The number of ether oxygens (including phenoxy) is 3. The predicted octanol–water partition coefficient (Wildman–Crippen LogP) is 1.68. The van der Waals surface area contributed by atoms with E-state index in [1.165, 1.54) is 11.8 Å². The van der Waals surface area contributed by atoms with Crippen molar-refractivity contribution in [3.8, 4) is 11.5 Å². The van der Waals surface area contributed by atoms with Crippen molar-refractivity contribution in [3.63, 3.8) is 0 Å². The lowest BCUT2D eigenvalue weighted by molar-refractivity contribution is -0.157. The van der Waals surface area contributed by atoms with E-state index >= 15 is 0 Å². The molecular formula is C20H21N3O7. The zero-order valence-corrected chi connectivity index (χ0v) is 16.5. The van der Waals surface area contributed by atoms with E-state index in [2.05, 4.69) is 10.5 Å². The Bertz CT molecular complexity index is 987. The van der Waals surface area contributed by atoms with E-state index in [9.17, 15) is 14.4 Å². The van der Waals surface area contributed by atoms with Gasteiger partial charge in [0.1, 0.15) is 19.0 Å². The maximum Gasteiger partial charge on any atom is 0.312 e. The topological polar surface area (TPSA) is 120 Å². The van der Waals surface area contributed by atoms with Gasteiger partial charge in [0.25, 0.3) is 5.91 Å². The van der Waals surface area contributed by atoms with E-state index in [1.54, 1.807) is 31.2 Å². The fourth-order valence-corrected chi connectivity index (χ4v) is 3.29. The highest BCUT2D eigenvalue weighted by Gasteiger charge is 2.37. The summed E-state index contributed by atoms with van der Waals surface area (Å²) in [6.07, 6.45) is -1.04. The van der Waals surface area contributed by atoms with Crippen molar-refractivity contribution >= 4 is 29.3 Å². The van der Waals surface area contributed by atoms with Gasteiger partial charge in [-0.05, 0) is 26.0 Å². The number of nitrogens with one attached hydrogen (secondary N) is 1. The molecule has 2 atom stereocenters. The number of benzene rings is 1. The van der Waals surface area contributed by atoms with Crippen molar-refractivity contribution in [2.45, 2.75) is 26.4 Å². The van der Waals surface area contributed by atoms with E-state index in [0.717, 1.165) is 0 Å². The third-order valence-electron chi connectivity index (χ3n) is 4.84. The van der Waals surface area contributed by atoms with E-state index < -0.39 is 23.9 Å². The molecule has 2 aliphatic rings. The first kappa shape index (κ1) is 19.7. The first-order valence-corrected chi connectivity index (χ1v) is 9.55. The van der Waals surface area contributed by atoms with Gasteiger partial charge in [-0.1, -0.05) is 5.16 Å². The Morgan fingerprint density at radius 2 is 2.00 bits per heavy atom. The maximum atomic E-state index is 12.5. The first-order chi connectivity index (χ1) is 14.4. The molecule has 0 radical (unpaired) electrons. The fourth-order valence-electron chi connectivity index (χ4n) is 3.29. The first-order valence-electron chi connectivity index (χ1n) is 9.55. The average Bonchev–Trinajstić information content (AvgIpc) is 3.32. The van der Waals surface area contributed by atoms with Gasteiger partial charge in [-0.25, -0.2) is 0 Å². The second kappa shape index (κ2) is 8.05. The number of aryl methyl sites for hydroxylation is 1. The highest BCUT2D eigenvalue weighted by molar-refractivity contribution is 6.00. The summed E-state index contributed by atoms with van der Waals surface area (Å²) in [5.74, 6) is -0.0633. The Balaban J connectivity index is 1.36. The van der Waals surface area contributed by atoms with Gasteiger partial charge in [0.15, 0.2) is 23.4 Å². The summed E-state index contributed by atoms with van der Waals surface area (Å²) in [5.41, 5.74) is 0.617. The van der Waals surface area contributed by atoms with Crippen LogP contribution in [0.5, 0.6) is 11.5 Å². The normalized spacial score (nSPS) is 18.8. The van der Waals surface area contributed by atoms with E-state index in [4.69, 9.17) is 18.7 Å². The number of carbonyl (C=O) groups excluding carboxylic acids is 3. The number of amides is 2. The standard InChI is InChI=1S/C20H21N3O7/c1-11-7-17(22-30-11)21-19(25)12(2)29-20(26)13-8-18(24)23(10-13)14-3-4-15-16(9-14)28-6-5-27-15/h3-4,7,9,12-13H,5-6,8,10H2,1-2H3,(H,21,22,25)/t12-,13+/m0/s1. The van der Waals surface area contributed by atoms with Crippen LogP contribution in [0.15, 0.2) is 28.8 Å². The lowest BCUT2D eigenvalue weighted by Crippen LogP contribution is -2.33. The van der Waals surface area contributed by atoms with Gasteiger partial charge in [-0.2, -0.15) is 0 Å². The molecule has 2 aromatic rings. The molecule has 0 bridgehead atoms. The van der Waals surface area contributed by atoms with Gasteiger partial charge in [0.2, 0.25) is 5.91 Å². The molecule has 158 valence electrons. The minimum Gasteiger partial charge on any atom is -0.486 e. The van der Waals surface area contributed by atoms with Crippen molar-refractivity contribution in [3.05, 3.63) is 30.0 Å². The lowest BCUT2D eigenvalue weighted by atomic mass is 10.1. The smallest absolute Gasteiger partial charge is 0.312 e. The second-order valence-corrected chi connectivity index (χ2v) is 7.12. The van der Waals surface area contributed by atoms with Crippen LogP contribution in [0.4, 0.5) is 11.5 Å². The maximum absolute atomic E-state index is 12.5. The van der Waals surface area contributed by atoms with Crippen LogP contribution in [0.3, 0.4) is 0 Å². The minimum atomic E-state index is -1.05. The van der Waals surface area contributed by atoms with Crippen LogP contribution in [-0.4, -0.2) is 48.8 Å². The van der Waals surface area contributed by atoms with Crippen molar-refractivity contribution in [1.82, 2.24) is 5.16 Å². The van der Waals surface area contributed by atoms with Crippen LogP contribution in [-0.2, 0) is 19.1 Å². The Kier molecular flexibility index (Phi) is 5.30. The lowest BCUT2D eigenvalue weighted by Gasteiger charge is -2.22. The summed E-state index contributed by atoms with van der Waals surface area (Å²) in [6.45, 7) is 4.22. The molecule has 0 saturated carbocycles. The Hall–Kier alpha value is -3.56. The quantitative estimate of drug-likeness (QED) is 0.733. The van der Waals surface area contributed by atoms with Crippen LogP contribution >= 0.6 is 0 Å². The summed E-state index contributed by atoms with van der Waals surface area (Å²) in [7, 11) is 0. The molecular weight excluding hydrogens is 394 g/mol. The number of anilines is 2. The number of fused-ring (bicyclic) bond motifs is 1. The molecule has 0 unspecified atom stereocenters. The number of esters is 1. The van der Waals surface area contributed by atoms with Crippen LogP contribution in [0.2, 0.25) is 0 Å². The van der Waals surface area contributed by atoms with Crippen molar-refractivity contribution in [2.75, 3.05) is 30.0 Å². The second-order valence-electron chi connectivity index (χ2n) is 7.12. The van der Waals surface area contributed by atoms with Crippen LogP contribution < -0.4 is 19.7 Å². The Labute approximate surface area is 172 Å². The molecule has 1 saturated heterocycles. The number of carbonyl (C=O) groups is 3. The van der Waals surface area contributed by atoms with Gasteiger partial charge >= 0.3 is 5.97 Å². The minimum absolute atomic E-state index is 0.00406. The SMILES string of the molecule is Cc1cc(NC(=O)[C@H](C)OC(=O)[C@@H]2CC(=O)N(c3ccc4c(c3)OCCO4)C2)no1. The predicted molar refractivity (Wildman–Crippen MR) is 103 cm³/mol. The van der Waals surface area contributed by atoms with Crippen molar-refractivity contribution in [1.29, 1.82) is 0 Å². The number of hydrogen-bond donors (Lipinski definition) is 1. The Morgan fingerprint density at radius 3 is 2.73 bits per heavy atom. The number of hydrogen-bond acceptors (Lipinski definition) is 8. The number of nitrogens with zero attached hydrogens (tertiary/aromatic N) is 2. The molecule has 1 aromatic heterocycles. The molecule has 3 heterocycles. The highest BCUT2D eigenvalue weighted by Crippen LogP contribution is 2.36. The van der Waals surface area contributed by atoms with Crippen LogP contribution in [0, 0.1) is 12.8 Å². The summed E-state index contributed by atoms with van der Waals surface area (Å²) in [6, 6.07) is 6.75. The third-order valence-corrected chi connectivity index (χ3v) is 4.84. The van der Waals surface area contributed by atoms with Crippen LogP contribution in [0.25, 0.3) is 0 Å². The molecule has 2 amide bonds. The summed E-state index contributed by atoms with van der Waals surface area (Å²) >= 11 is 0. The fraction of sp³-hybridized carbons (Fsp3) is 0.400. The molecule has 1 fully saturated rings. The highest BCUT2D eigenvalue weighted by atomic mass is 16.6. The molecule has 10 heteroatoms. The van der Waals surface area contributed by atoms with Gasteiger partial charge in [-0.3, -0.25) is 14.4 Å². The number of aromatic nitrogens is 1. The van der Waals surface area contributed by atoms with E-state index in [0.29, 0.717) is 36.2 Å². The van der Waals surface area contributed by atoms with Gasteiger partial charge in [-0.15, -0.1) is 0 Å². The van der Waals surface area contributed by atoms with Crippen LogP contribution in [0.1, 0.15) is 19.1 Å². The molecule has 30 heavy (non-hydrogen) atoms. The largest absolute Gasteiger partial charge is 0.486 e. The van der Waals surface area contributed by atoms with Gasteiger partial charge in [0, 0.05) is 30.8 Å². The van der Waals surface area contributed by atoms with Crippen molar-refractivity contribution < 1.29 is 33.1 Å². The summed E-state index contributed by atoms with van der Waals surface area (Å²) in [4.78, 5) is 38.7. The molecule has 0 aliphatic carbocycles. The zero-order chi connectivity index (χ0) is 21.3. The molecule has 4 rings (SSSR count). The van der Waals surface area contributed by atoms with E-state index in [1.807, 2.05) is 0 Å². The monoisotopic (exact) mass is 415 g/mol. The summed E-state index contributed by atoms with van der Waals surface area (Å²) < 4.78 is 21.2. The van der Waals surface area contributed by atoms with Gasteiger partial charge < -0.3 is 29.0 Å². The zero-order valence-electron chi connectivity index (χ0n) is 16.5. The Morgan fingerprint density at radius 1 is 1.23 bits per heavy atom. The van der Waals surface area contributed by atoms with Gasteiger partial charge in [0.05, 0.1) is 5.92 Å². The molecule has 1 N–H and O–H groups in total. The molecule has 0 spiro atoms. The summed E-state index contributed by atoms with van der Waals surface area (Å²) in [5, 5.41) is 6.17. The van der Waals surface area contributed by atoms with E-state index in [-0.39, 0.29) is 24.7 Å².